The number of benzene rings is 2. The number of rotatable bonds is 5. The molecule has 0 aliphatic carbocycles. The van der Waals surface area contributed by atoms with Crippen molar-refractivity contribution in [2.24, 2.45) is 5.16 Å². The van der Waals surface area contributed by atoms with Crippen LogP contribution in [-0.2, 0) is 11.4 Å². The van der Waals surface area contributed by atoms with E-state index in [-0.39, 0.29) is 6.61 Å². The van der Waals surface area contributed by atoms with Crippen LogP contribution in [0.4, 0.5) is 0 Å². The van der Waals surface area contributed by atoms with Gasteiger partial charge in [0.25, 0.3) is 0 Å². The molecular weight excluding hydrogens is 470 g/mol. The fourth-order valence-electron chi connectivity index (χ4n) is 3.90. The van der Waals surface area contributed by atoms with Crippen LogP contribution in [0.5, 0.6) is 0 Å². The molecule has 2 aromatic carbocycles. The van der Waals surface area contributed by atoms with Crippen LogP contribution in [0.3, 0.4) is 0 Å². The van der Waals surface area contributed by atoms with E-state index in [1.54, 1.807) is 40.5 Å². The molecule has 0 saturated carbocycles. The number of aromatic nitrogens is 6. The Balaban J connectivity index is 1.34. The van der Waals surface area contributed by atoms with Crippen molar-refractivity contribution < 1.29 is 4.84 Å². The van der Waals surface area contributed by atoms with E-state index in [4.69, 9.17) is 31.4 Å². The van der Waals surface area contributed by atoms with Crippen molar-refractivity contribution in [2.45, 2.75) is 20.5 Å². The van der Waals surface area contributed by atoms with E-state index in [1.807, 2.05) is 30.3 Å². The first-order valence-electron chi connectivity index (χ1n) is 10.6. The van der Waals surface area contributed by atoms with Gasteiger partial charge in [-0.3, -0.25) is 4.57 Å². The fourth-order valence-corrected chi connectivity index (χ4v) is 5.04. The highest BCUT2D eigenvalue weighted by Crippen LogP contribution is 2.33. The number of nitrogens with zero attached hydrogens (tertiary/aromatic N) is 7. The molecule has 0 spiro atoms. The van der Waals surface area contributed by atoms with Crippen molar-refractivity contribution in [3.63, 3.8) is 0 Å². The number of fused-ring (bicyclic) bond motifs is 4. The maximum Gasteiger partial charge on any atom is 0.196 e. The van der Waals surface area contributed by atoms with Gasteiger partial charge in [0.2, 0.25) is 0 Å². The largest absolute Gasteiger partial charge is 0.387 e. The zero-order valence-corrected chi connectivity index (χ0v) is 19.9. The zero-order valence-electron chi connectivity index (χ0n) is 18.3. The highest BCUT2D eigenvalue weighted by atomic mass is 35.5. The standard InChI is InChI=1S/C24H18ClN7OS/c1-14-15(2)32(24-28-18-5-3-4-6-19(18)34-24)22-21(14)23-29-20(30-31(23)13-26-22)12-33-27-11-16-7-9-17(25)10-8-16/h3-11,13H,12H2,1-2H3/b27-11+. The van der Waals surface area contributed by atoms with E-state index in [1.165, 1.54) is 0 Å². The molecule has 6 aromatic rings. The average Bonchev–Trinajstić information content (AvgIpc) is 3.52. The van der Waals surface area contributed by atoms with E-state index in [0.29, 0.717) is 10.8 Å². The smallest absolute Gasteiger partial charge is 0.196 e. The quantitative estimate of drug-likeness (QED) is 0.237. The Morgan fingerprint density at radius 2 is 1.88 bits per heavy atom. The van der Waals surface area contributed by atoms with Crippen molar-refractivity contribution in [3.05, 3.63) is 82.5 Å². The van der Waals surface area contributed by atoms with Crippen LogP contribution in [-0.4, -0.2) is 35.3 Å². The van der Waals surface area contributed by atoms with Crippen molar-refractivity contribution in [3.8, 4) is 5.13 Å². The topological polar surface area (TPSA) is 82.5 Å². The Morgan fingerprint density at radius 3 is 2.71 bits per heavy atom. The van der Waals surface area contributed by atoms with Gasteiger partial charge in [-0.25, -0.2) is 19.5 Å². The minimum absolute atomic E-state index is 0.143. The predicted octanol–water partition coefficient (Wildman–Crippen LogP) is 5.50. The lowest BCUT2D eigenvalue weighted by Gasteiger charge is -2.02. The van der Waals surface area contributed by atoms with E-state index in [0.717, 1.165) is 48.8 Å². The third-order valence-electron chi connectivity index (χ3n) is 5.69. The molecule has 0 unspecified atom stereocenters. The Labute approximate surface area is 203 Å². The van der Waals surface area contributed by atoms with Gasteiger partial charge in [0, 0.05) is 10.7 Å². The summed E-state index contributed by atoms with van der Waals surface area (Å²) in [5.74, 6) is 0.521. The normalized spacial score (nSPS) is 12.0. The molecule has 0 radical (unpaired) electrons. The molecule has 4 aromatic heterocycles. The van der Waals surface area contributed by atoms with Gasteiger partial charge in [-0.2, -0.15) is 0 Å². The summed E-state index contributed by atoms with van der Waals surface area (Å²) in [6.45, 7) is 4.29. The number of thiazole rings is 1. The second-order valence-electron chi connectivity index (χ2n) is 7.81. The van der Waals surface area contributed by atoms with Crippen LogP contribution in [0.25, 0.3) is 32.0 Å². The molecule has 0 N–H and O–H groups in total. The summed E-state index contributed by atoms with van der Waals surface area (Å²) in [6.07, 6.45) is 3.30. The maximum absolute atomic E-state index is 5.90. The molecular formula is C24H18ClN7OS. The van der Waals surface area contributed by atoms with Gasteiger partial charge in [0.05, 0.1) is 21.8 Å². The number of hydrogen-bond acceptors (Lipinski definition) is 7. The molecule has 168 valence electrons. The zero-order chi connectivity index (χ0) is 23.2. The Bertz CT molecular complexity index is 1670. The fraction of sp³-hybridized carbons (Fsp3) is 0.125. The lowest BCUT2D eigenvalue weighted by molar-refractivity contribution is 0.126. The third-order valence-corrected chi connectivity index (χ3v) is 6.96. The van der Waals surface area contributed by atoms with E-state index < -0.39 is 0 Å². The SMILES string of the molecule is Cc1c(C)n(-c2nc3ccccc3s2)c2ncn3nc(CO/N=C/c4ccc(Cl)cc4)nc3c12. The molecule has 0 bridgehead atoms. The van der Waals surface area contributed by atoms with Gasteiger partial charge in [0.1, 0.15) is 6.33 Å². The second-order valence-corrected chi connectivity index (χ2v) is 9.25. The van der Waals surface area contributed by atoms with Crippen LogP contribution in [0.1, 0.15) is 22.6 Å². The lowest BCUT2D eigenvalue weighted by atomic mass is 10.2. The third kappa shape index (κ3) is 3.49. The summed E-state index contributed by atoms with van der Waals surface area (Å²) in [7, 11) is 0. The molecule has 34 heavy (non-hydrogen) atoms. The van der Waals surface area contributed by atoms with Gasteiger partial charge in [-0.15, -0.1) is 5.10 Å². The summed E-state index contributed by atoms with van der Waals surface area (Å²) < 4.78 is 4.91. The summed E-state index contributed by atoms with van der Waals surface area (Å²) in [4.78, 5) is 19.7. The van der Waals surface area contributed by atoms with Gasteiger partial charge in [-0.05, 0) is 49.2 Å². The lowest BCUT2D eigenvalue weighted by Crippen LogP contribution is -1.98. The summed E-state index contributed by atoms with van der Waals surface area (Å²) >= 11 is 7.55. The molecule has 0 amide bonds. The van der Waals surface area contributed by atoms with Gasteiger partial charge < -0.3 is 4.84 Å². The monoisotopic (exact) mass is 487 g/mol. The average molecular weight is 488 g/mol. The summed E-state index contributed by atoms with van der Waals surface area (Å²) in [5.41, 5.74) is 5.56. The van der Waals surface area contributed by atoms with Crippen molar-refractivity contribution in [2.75, 3.05) is 0 Å². The number of hydrogen-bond donors (Lipinski definition) is 0. The summed E-state index contributed by atoms with van der Waals surface area (Å²) in [5, 5.41) is 11.0. The molecule has 0 aliphatic rings. The molecule has 10 heteroatoms. The molecule has 0 saturated heterocycles. The Hall–Kier alpha value is -3.82. The van der Waals surface area contributed by atoms with Gasteiger partial charge in [-0.1, -0.05) is 52.4 Å². The Kier molecular flexibility index (Phi) is 5.00. The van der Waals surface area contributed by atoms with Crippen molar-refractivity contribution in [1.29, 1.82) is 0 Å². The van der Waals surface area contributed by atoms with Crippen LogP contribution >= 0.6 is 22.9 Å². The summed E-state index contributed by atoms with van der Waals surface area (Å²) in [6, 6.07) is 15.5. The van der Waals surface area contributed by atoms with Crippen molar-refractivity contribution in [1.82, 2.24) is 29.1 Å². The number of aryl methyl sites for hydroxylation is 1. The number of halogens is 1. The van der Waals surface area contributed by atoms with E-state index in [9.17, 15) is 0 Å². The van der Waals surface area contributed by atoms with Crippen LogP contribution < -0.4 is 0 Å². The number of oxime groups is 1. The predicted molar refractivity (Wildman–Crippen MR) is 134 cm³/mol. The first-order valence-corrected chi connectivity index (χ1v) is 11.8. The highest BCUT2D eigenvalue weighted by molar-refractivity contribution is 7.20. The van der Waals surface area contributed by atoms with Crippen LogP contribution in [0.2, 0.25) is 5.02 Å². The number of para-hydroxylation sites is 1. The van der Waals surface area contributed by atoms with Gasteiger partial charge in [0.15, 0.2) is 28.9 Å². The minimum atomic E-state index is 0.143. The molecule has 4 heterocycles. The molecule has 0 aliphatic heterocycles. The molecule has 8 nitrogen and oxygen atoms in total. The van der Waals surface area contributed by atoms with Crippen LogP contribution in [0, 0.1) is 13.8 Å². The van der Waals surface area contributed by atoms with Crippen LogP contribution in [0.15, 0.2) is 60.0 Å². The highest BCUT2D eigenvalue weighted by Gasteiger charge is 2.20. The van der Waals surface area contributed by atoms with E-state index >= 15 is 0 Å². The molecule has 0 atom stereocenters. The maximum atomic E-state index is 5.90. The molecule has 0 fully saturated rings. The Morgan fingerprint density at radius 1 is 1.06 bits per heavy atom. The first-order chi connectivity index (χ1) is 16.6. The van der Waals surface area contributed by atoms with Gasteiger partial charge >= 0.3 is 0 Å². The first kappa shape index (κ1) is 20.8. The van der Waals surface area contributed by atoms with Crippen molar-refractivity contribution >= 4 is 56.0 Å². The minimum Gasteiger partial charge on any atom is -0.387 e. The van der Waals surface area contributed by atoms with E-state index in [2.05, 4.69) is 34.7 Å². The second kappa shape index (κ2) is 8.19. The molecule has 6 rings (SSSR count).